The number of pyridine rings is 1. The number of amides is 1. The van der Waals surface area contributed by atoms with Crippen molar-refractivity contribution in [2.75, 3.05) is 10.8 Å². The molecule has 1 fully saturated rings. The second kappa shape index (κ2) is 8.38. The van der Waals surface area contributed by atoms with E-state index < -0.39 is 16.1 Å². The molecule has 0 unspecified atom stereocenters. The lowest BCUT2D eigenvalue weighted by Crippen LogP contribution is -2.29. The van der Waals surface area contributed by atoms with Crippen LogP contribution in [-0.2, 0) is 21.6 Å². The van der Waals surface area contributed by atoms with Gasteiger partial charge in [-0.05, 0) is 34.9 Å². The highest BCUT2D eigenvalue weighted by Gasteiger charge is 2.35. The van der Waals surface area contributed by atoms with Crippen molar-refractivity contribution in [1.29, 1.82) is 0 Å². The smallest absolute Gasteiger partial charge is 0.326 e. The van der Waals surface area contributed by atoms with Gasteiger partial charge in [0.25, 0.3) is 5.91 Å². The van der Waals surface area contributed by atoms with Crippen LogP contribution in [0.1, 0.15) is 16.7 Å². The Balaban J connectivity index is 1.66. The number of benzene rings is 2. The second-order valence-electron chi connectivity index (χ2n) is 6.66. The molecule has 0 radical (unpaired) electrons. The standard InChI is InChI=1S/C22H19N3O4S/c26-22-15-25(30(27,28)24-22)20-11-10-17(8-9-18-7-4-12-23-14-18)13-21(20)29-16-19-5-2-1-3-6-19/h1-14H,15-16H2,(H,24,26). The van der Waals surface area contributed by atoms with Gasteiger partial charge in [-0.1, -0.05) is 54.6 Å². The first kappa shape index (κ1) is 19.7. The number of nitrogens with one attached hydrogen (secondary N) is 1. The molecule has 1 saturated heterocycles. The van der Waals surface area contributed by atoms with E-state index in [1.54, 1.807) is 30.6 Å². The molecule has 152 valence electrons. The molecule has 0 aliphatic carbocycles. The van der Waals surface area contributed by atoms with Crippen molar-refractivity contribution in [3.63, 3.8) is 0 Å². The molecule has 0 atom stereocenters. The van der Waals surface area contributed by atoms with Crippen LogP contribution in [0.2, 0.25) is 0 Å². The van der Waals surface area contributed by atoms with Crippen molar-refractivity contribution >= 4 is 34.0 Å². The Morgan fingerprint density at radius 2 is 1.83 bits per heavy atom. The first-order chi connectivity index (χ1) is 14.5. The molecule has 7 nitrogen and oxygen atoms in total. The number of rotatable bonds is 6. The summed E-state index contributed by atoms with van der Waals surface area (Å²) < 4.78 is 33.6. The first-order valence-electron chi connectivity index (χ1n) is 9.23. The molecule has 1 aromatic heterocycles. The van der Waals surface area contributed by atoms with Gasteiger partial charge < -0.3 is 4.74 Å². The van der Waals surface area contributed by atoms with E-state index >= 15 is 0 Å². The van der Waals surface area contributed by atoms with Crippen LogP contribution in [0.3, 0.4) is 0 Å². The predicted molar refractivity (Wildman–Crippen MR) is 115 cm³/mol. The number of ether oxygens (including phenoxy) is 1. The quantitative estimate of drug-likeness (QED) is 0.661. The fourth-order valence-electron chi connectivity index (χ4n) is 3.02. The molecule has 1 aliphatic heterocycles. The van der Waals surface area contributed by atoms with E-state index in [4.69, 9.17) is 4.74 Å². The minimum Gasteiger partial charge on any atom is -0.487 e. The molecule has 1 N–H and O–H groups in total. The number of hydrogen-bond donors (Lipinski definition) is 1. The Labute approximate surface area is 174 Å². The normalized spacial score (nSPS) is 15.3. The third-order valence-electron chi connectivity index (χ3n) is 4.46. The Kier molecular flexibility index (Phi) is 5.49. The van der Waals surface area contributed by atoms with Gasteiger partial charge in [-0.15, -0.1) is 0 Å². The largest absolute Gasteiger partial charge is 0.487 e. The van der Waals surface area contributed by atoms with E-state index in [2.05, 4.69) is 4.98 Å². The SMILES string of the molecule is O=C1CN(c2ccc(C=Cc3cccnc3)cc2OCc2ccccc2)S(=O)(=O)N1. The third-order valence-corrected chi connectivity index (χ3v) is 5.85. The second-order valence-corrected chi connectivity index (χ2v) is 8.25. The summed E-state index contributed by atoms with van der Waals surface area (Å²) in [5.74, 6) is -0.211. The molecular weight excluding hydrogens is 402 g/mol. The summed E-state index contributed by atoms with van der Waals surface area (Å²) in [6, 6.07) is 18.5. The lowest BCUT2D eigenvalue weighted by molar-refractivity contribution is -0.117. The summed E-state index contributed by atoms with van der Waals surface area (Å²) >= 11 is 0. The van der Waals surface area contributed by atoms with E-state index in [0.29, 0.717) is 11.4 Å². The fraction of sp³-hybridized carbons (Fsp3) is 0.0909. The number of carbonyl (C=O) groups excluding carboxylic acids is 1. The number of carbonyl (C=O) groups is 1. The maximum atomic E-state index is 12.3. The minimum absolute atomic E-state index is 0.263. The molecule has 8 heteroatoms. The average molecular weight is 421 g/mol. The van der Waals surface area contributed by atoms with Crippen molar-refractivity contribution in [3.8, 4) is 5.75 Å². The average Bonchev–Trinajstić information content (AvgIpc) is 3.04. The molecule has 3 aromatic rings. The van der Waals surface area contributed by atoms with Gasteiger partial charge in [0.1, 0.15) is 18.9 Å². The van der Waals surface area contributed by atoms with Crippen molar-refractivity contribution in [2.45, 2.75) is 6.61 Å². The van der Waals surface area contributed by atoms with Crippen LogP contribution in [-0.4, -0.2) is 25.9 Å². The van der Waals surface area contributed by atoms with Gasteiger partial charge in [0.05, 0.1) is 5.69 Å². The molecule has 1 aliphatic rings. The molecule has 0 saturated carbocycles. The monoisotopic (exact) mass is 421 g/mol. The Hall–Kier alpha value is -3.65. The maximum absolute atomic E-state index is 12.3. The van der Waals surface area contributed by atoms with Gasteiger partial charge >= 0.3 is 10.2 Å². The van der Waals surface area contributed by atoms with Crippen LogP contribution in [0.15, 0.2) is 73.1 Å². The van der Waals surface area contributed by atoms with Gasteiger partial charge in [0.2, 0.25) is 0 Å². The molecule has 0 bridgehead atoms. The Bertz CT molecular complexity index is 1180. The summed E-state index contributed by atoms with van der Waals surface area (Å²) in [6.07, 6.45) is 7.23. The highest BCUT2D eigenvalue weighted by atomic mass is 32.2. The third kappa shape index (κ3) is 4.49. The number of nitrogens with zero attached hydrogens (tertiary/aromatic N) is 2. The van der Waals surface area contributed by atoms with Gasteiger partial charge in [0.15, 0.2) is 0 Å². The molecular formula is C22H19N3O4S. The van der Waals surface area contributed by atoms with Crippen LogP contribution in [0.25, 0.3) is 12.2 Å². The van der Waals surface area contributed by atoms with Crippen molar-refractivity contribution in [2.24, 2.45) is 0 Å². The summed E-state index contributed by atoms with van der Waals surface area (Å²) in [6.45, 7) is -0.0201. The van der Waals surface area contributed by atoms with Crippen LogP contribution >= 0.6 is 0 Å². The highest BCUT2D eigenvalue weighted by Crippen LogP contribution is 2.33. The van der Waals surface area contributed by atoms with E-state index in [1.807, 2.05) is 59.3 Å². The van der Waals surface area contributed by atoms with Gasteiger partial charge in [-0.3, -0.25) is 9.78 Å². The molecule has 2 heterocycles. The summed E-state index contributed by atoms with van der Waals surface area (Å²) in [7, 11) is -3.94. The highest BCUT2D eigenvalue weighted by molar-refractivity contribution is 7.92. The zero-order valence-corrected chi connectivity index (χ0v) is 16.7. The lowest BCUT2D eigenvalue weighted by atomic mass is 10.1. The van der Waals surface area contributed by atoms with Crippen molar-refractivity contribution in [3.05, 3.63) is 89.7 Å². The fourth-order valence-corrected chi connectivity index (χ4v) is 4.18. The number of anilines is 1. The molecule has 2 aromatic carbocycles. The molecule has 30 heavy (non-hydrogen) atoms. The van der Waals surface area contributed by atoms with Gasteiger partial charge in [-0.2, -0.15) is 8.42 Å². The first-order valence-corrected chi connectivity index (χ1v) is 10.7. The van der Waals surface area contributed by atoms with Crippen molar-refractivity contribution in [1.82, 2.24) is 9.71 Å². The molecule has 1 amide bonds. The zero-order chi connectivity index (χ0) is 21.0. The van der Waals surface area contributed by atoms with E-state index in [1.165, 1.54) is 0 Å². The summed E-state index contributed by atoms with van der Waals surface area (Å²) in [4.78, 5) is 15.7. The van der Waals surface area contributed by atoms with E-state index in [9.17, 15) is 13.2 Å². The topological polar surface area (TPSA) is 88.6 Å². The van der Waals surface area contributed by atoms with Crippen molar-refractivity contribution < 1.29 is 17.9 Å². The zero-order valence-electron chi connectivity index (χ0n) is 15.9. The Morgan fingerprint density at radius 1 is 1.03 bits per heavy atom. The van der Waals surface area contributed by atoms with Crippen LogP contribution in [0.5, 0.6) is 5.75 Å². The van der Waals surface area contributed by atoms with Gasteiger partial charge in [-0.25, -0.2) is 9.03 Å². The lowest BCUT2D eigenvalue weighted by Gasteiger charge is -2.19. The Morgan fingerprint density at radius 3 is 2.53 bits per heavy atom. The molecule has 0 spiro atoms. The summed E-state index contributed by atoms with van der Waals surface area (Å²) in [5, 5.41) is 0. The van der Waals surface area contributed by atoms with Crippen LogP contribution in [0.4, 0.5) is 5.69 Å². The predicted octanol–water partition coefficient (Wildman–Crippen LogP) is 3.01. The maximum Gasteiger partial charge on any atom is 0.326 e. The molecule has 4 rings (SSSR count). The number of hydrogen-bond acceptors (Lipinski definition) is 5. The van der Waals surface area contributed by atoms with Gasteiger partial charge in [0, 0.05) is 12.4 Å². The van der Waals surface area contributed by atoms with E-state index in [-0.39, 0.29) is 13.2 Å². The summed E-state index contributed by atoms with van der Waals surface area (Å²) in [5.41, 5.74) is 3.01. The minimum atomic E-state index is -3.94. The number of aromatic nitrogens is 1. The van der Waals surface area contributed by atoms with Crippen LogP contribution < -0.4 is 13.8 Å². The van der Waals surface area contributed by atoms with Crippen LogP contribution in [0, 0.1) is 0 Å². The van der Waals surface area contributed by atoms with E-state index in [0.717, 1.165) is 21.0 Å².